The van der Waals surface area contributed by atoms with E-state index in [0.717, 1.165) is 19.3 Å². The van der Waals surface area contributed by atoms with Gasteiger partial charge in [-0.25, -0.2) is 0 Å². The normalized spacial score (nSPS) is 11.3. The van der Waals surface area contributed by atoms with E-state index in [1.165, 1.54) is 37.9 Å². The first-order valence-electron chi connectivity index (χ1n) is 7.33. The number of hydrogen-bond donors (Lipinski definition) is 0. The number of hydrogen-bond acceptors (Lipinski definition) is 0. The summed E-state index contributed by atoms with van der Waals surface area (Å²) in [6.07, 6.45) is 3.28. The zero-order chi connectivity index (χ0) is 13.5. The maximum Gasteiger partial charge on any atom is 1.00 e. The van der Waals surface area contributed by atoms with Crippen molar-refractivity contribution in [2.45, 2.75) is 19.3 Å². The smallest absolute Gasteiger partial charge is 0.343 e. The molecule has 0 saturated carbocycles. The molecule has 0 N–H and O–H groups in total. The van der Waals surface area contributed by atoms with Crippen LogP contribution in [0.3, 0.4) is 0 Å². The van der Waals surface area contributed by atoms with Crippen LogP contribution in [0, 0.1) is 6.92 Å². The minimum absolute atomic E-state index is 0. The summed E-state index contributed by atoms with van der Waals surface area (Å²) in [5, 5.41) is 8.30. The van der Waals surface area contributed by atoms with Gasteiger partial charge in [-0.3, -0.25) is 0 Å². The van der Waals surface area contributed by atoms with E-state index in [-0.39, 0.29) is 18.9 Å². The molecular weight excluding hydrogens is 247 g/mol. The van der Waals surface area contributed by atoms with E-state index in [9.17, 15) is 0 Å². The van der Waals surface area contributed by atoms with Gasteiger partial charge < -0.3 is 6.92 Å². The molecule has 0 amide bonds. The molecule has 0 unspecified atom stereocenters. The maximum atomic E-state index is 3.96. The van der Waals surface area contributed by atoms with Gasteiger partial charge in [-0.05, 0) is 44.3 Å². The summed E-state index contributed by atoms with van der Waals surface area (Å²) in [5.41, 5.74) is 1.46. The first-order chi connectivity index (χ1) is 9.88. The fourth-order valence-corrected chi connectivity index (χ4v) is 3.33. The van der Waals surface area contributed by atoms with Gasteiger partial charge in [0, 0.05) is 0 Å². The van der Waals surface area contributed by atoms with Crippen LogP contribution in [0.4, 0.5) is 0 Å². The summed E-state index contributed by atoms with van der Waals surface area (Å²) < 4.78 is 0. The topological polar surface area (TPSA) is 0 Å². The van der Waals surface area contributed by atoms with Crippen molar-refractivity contribution >= 4 is 32.3 Å². The van der Waals surface area contributed by atoms with Crippen LogP contribution in [0.5, 0.6) is 0 Å². The zero-order valence-electron chi connectivity index (χ0n) is 12.5. The van der Waals surface area contributed by atoms with Crippen LogP contribution in [0.2, 0.25) is 0 Å². The third-order valence-corrected chi connectivity index (χ3v) is 4.32. The Kier molecular flexibility index (Phi) is 3.94. The molecule has 0 nitrogen and oxygen atoms in total. The molecule has 0 bridgehead atoms. The number of unbranched alkanes of at least 4 members (excludes halogenated alkanes) is 1. The van der Waals surface area contributed by atoms with Crippen molar-refractivity contribution in [3.8, 4) is 0 Å². The molecule has 4 aromatic carbocycles. The van der Waals surface area contributed by atoms with Crippen molar-refractivity contribution in [2.24, 2.45) is 0 Å². The molecular formula is C20H17Li. The molecule has 0 heterocycles. The summed E-state index contributed by atoms with van der Waals surface area (Å²) in [4.78, 5) is 0. The van der Waals surface area contributed by atoms with Gasteiger partial charge >= 0.3 is 18.9 Å². The Balaban J connectivity index is 0.00000132. The standard InChI is InChI=1S/C20H17.Li/c1-2-3-5-14-8-9-17-11-10-15-6-4-7-16-12-13-18(14)20(17)19(15)16;/h4,6-13H,1-3,5H2;/q-1;+1. The van der Waals surface area contributed by atoms with Crippen LogP contribution in [0.15, 0.2) is 54.6 Å². The fraction of sp³-hybridized carbons (Fsp3) is 0.150. The van der Waals surface area contributed by atoms with E-state index < -0.39 is 0 Å². The van der Waals surface area contributed by atoms with Crippen molar-refractivity contribution in [3.05, 3.63) is 67.1 Å². The Bertz CT molecular complexity index is 876. The molecule has 98 valence electrons. The molecule has 0 aliphatic carbocycles. The van der Waals surface area contributed by atoms with Gasteiger partial charge in [0.25, 0.3) is 0 Å². The molecule has 0 aliphatic rings. The SMILES string of the molecule is [CH2-]CCCc1ccc2ccc3cccc4ccc1c2c34.[Li+]. The second-order valence-corrected chi connectivity index (χ2v) is 5.54. The summed E-state index contributed by atoms with van der Waals surface area (Å²) in [6.45, 7) is 3.96. The molecule has 21 heavy (non-hydrogen) atoms. The minimum atomic E-state index is 0. The van der Waals surface area contributed by atoms with Crippen molar-refractivity contribution in [1.82, 2.24) is 0 Å². The average Bonchev–Trinajstić information content (AvgIpc) is 2.51. The maximum absolute atomic E-state index is 3.96. The van der Waals surface area contributed by atoms with E-state index in [1.807, 2.05) is 0 Å². The van der Waals surface area contributed by atoms with Crippen LogP contribution in [-0.4, -0.2) is 0 Å². The minimum Gasteiger partial charge on any atom is -0.343 e. The van der Waals surface area contributed by atoms with Gasteiger partial charge in [-0.2, -0.15) is 6.42 Å². The Morgan fingerprint density at radius 3 is 2.05 bits per heavy atom. The predicted molar refractivity (Wildman–Crippen MR) is 88.4 cm³/mol. The van der Waals surface area contributed by atoms with Gasteiger partial charge in [0.1, 0.15) is 0 Å². The molecule has 4 rings (SSSR count). The van der Waals surface area contributed by atoms with E-state index in [1.54, 1.807) is 0 Å². The van der Waals surface area contributed by atoms with E-state index >= 15 is 0 Å². The quantitative estimate of drug-likeness (QED) is 0.303. The van der Waals surface area contributed by atoms with Crippen molar-refractivity contribution in [1.29, 1.82) is 0 Å². The van der Waals surface area contributed by atoms with Gasteiger partial charge in [-0.1, -0.05) is 61.0 Å². The largest absolute Gasteiger partial charge is 1.00 e. The van der Waals surface area contributed by atoms with Crippen molar-refractivity contribution in [2.75, 3.05) is 0 Å². The zero-order valence-corrected chi connectivity index (χ0v) is 12.5. The first-order valence-corrected chi connectivity index (χ1v) is 7.33. The molecule has 0 radical (unpaired) electrons. The first kappa shape index (κ1) is 14.5. The van der Waals surface area contributed by atoms with Crippen molar-refractivity contribution in [3.63, 3.8) is 0 Å². The van der Waals surface area contributed by atoms with Crippen LogP contribution >= 0.6 is 0 Å². The Morgan fingerprint density at radius 2 is 1.33 bits per heavy atom. The fourth-order valence-electron chi connectivity index (χ4n) is 3.33. The monoisotopic (exact) mass is 264 g/mol. The second-order valence-electron chi connectivity index (χ2n) is 5.54. The van der Waals surface area contributed by atoms with Crippen LogP contribution < -0.4 is 18.9 Å². The number of rotatable bonds is 3. The third-order valence-electron chi connectivity index (χ3n) is 4.32. The third kappa shape index (κ3) is 2.24. The van der Waals surface area contributed by atoms with E-state index in [4.69, 9.17) is 0 Å². The van der Waals surface area contributed by atoms with Gasteiger partial charge in [-0.15, -0.1) is 0 Å². The van der Waals surface area contributed by atoms with Crippen LogP contribution in [0.1, 0.15) is 18.4 Å². The average molecular weight is 264 g/mol. The summed E-state index contributed by atoms with van der Waals surface area (Å²) >= 11 is 0. The molecule has 4 aromatic rings. The van der Waals surface area contributed by atoms with Crippen LogP contribution in [-0.2, 0) is 6.42 Å². The molecule has 0 spiro atoms. The number of benzene rings is 4. The summed E-state index contributed by atoms with van der Waals surface area (Å²) in [6, 6.07) is 20.2. The van der Waals surface area contributed by atoms with Crippen LogP contribution in [0.25, 0.3) is 32.3 Å². The predicted octanol–water partition coefficient (Wildman–Crippen LogP) is 2.74. The van der Waals surface area contributed by atoms with E-state index in [0.29, 0.717) is 0 Å². The molecule has 0 saturated heterocycles. The Hall–Kier alpha value is -1.48. The summed E-state index contributed by atoms with van der Waals surface area (Å²) in [5.74, 6) is 0. The summed E-state index contributed by atoms with van der Waals surface area (Å²) in [7, 11) is 0. The van der Waals surface area contributed by atoms with Gasteiger partial charge in [0.15, 0.2) is 0 Å². The Labute approximate surface area is 137 Å². The Morgan fingerprint density at radius 1 is 0.714 bits per heavy atom. The molecule has 0 aromatic heterocycles. The van der Waals surface area contributed by atoms with Gasteiger partial charge in [0.2, 0.25) is 0 Å². The molecule has 0 fully saturated rings. The molecule has 1 heteroatoms. The second kappa shape index (κ2) is 5.72. The van der Waals surface area contributed by atoms with E-state index in [2.05, 4.69) is 61.5 Å². The van der Waals surface area contributed by atoms with Gasteiger partial charge in [0.05, 0.1) is 0 Å². The molecule has 0 aliphatic heterocycles. The molecule has 0 atom stereocenters. The van der Waals surface area contributed by atoms with Crippen molar-refractivity contribution < 1.29 is 18.9 Å². The number of aryl methyl sites for hydroxylation is 1.